The number of hydrogen-bond acceptors (Lipinski definition) is 4. The molecular weight excluding hydrogens is 296 g/mol. The van der Waals surface area contributed by atoms with Crippen molar-refractivity contribution < 1.29 is 14.5 Å². The van der Waals surface area contributed by atoms with Crippen molar-refractivity contribution in [2.45, 2.75) is 6.92 Å². The van der Waals surface area contributed by atoms with E-state index in [2.05, 4.69) is 0 Å². The van der Waals surface area contributed by atoms with Crippen LogP contribution >= 0.6 is 11.6 Å². The maximum atomic E-state index is 11.1. The van der Waals surface area contributed by atoms with Crippen LogP contribution in [0.25, 0.3) is 0 Å². The number of primary amides is 1. The topological polar surface area (TPSA) is 95.5 Å². The summed E-state index contributed by atoms with van der Waals surface area (Å²) in [5, 5.41) is 11.6. The molecule has 2 N–H and O–H groups in total. The number of aryl methyl sites for hydroxylation is 1. The Hall–Kier alpha value is -2.60. The van der Waals surface area contributed by atoms with Crippen LogP contribution < -0.4 is 10.5 Å². The molecule has 0 aliphatic rings. The van der Waals surface area contributed by atoms with Crippen molar-refractivity contribution in [3.8, 4) is 11.5 Å². The third-order valence-corrected chi connectivity index (χ3v) is 3.22. The second-order valence-electron chi connectivity index (χ2n) is 4.32. The van der Waals surface area contributed by atoms with Gasteiger partial charge in [0.1, 0.15) is 5.75 Å². The largest absolute Gasteiger partial charge is 0.450 e. The van der Waals surface area contributed by atoms with Gasteiger partial charge in [-0.1, -0.05) is 11.6 Å². The molecule has 0 aliphatic heterocycles. The zero-order chi connectivity index (χ0) is 15.6. The van der Waals surface area contributed by atoms with Gasteiger partial charge in [0.05, 0.1) is 4.92 Å². The first-order valence-electron chi connectivity index (χ1n) is 5.90. The molecule has 108 valence electrons. The zero-order valence-corrected chi connectivity index (χ0v) is 11.8. The van der Waals surface area contributed by atoms with Gasteiger partial charge in [-0.25, -0.2) is 0 Å². The number of hydrogen-bond donors (Lipinski definition) is 1. The van der Waals surface area contributed by atoms with Crippen LogP contribution in [0, 0.1) is 17.0 Å². The van der Waals surface area contributed by atoms with Crippen LogP contribution in [0.4, 0.5) is 5.69 Å². The molecule has 0 atom stereocenters. The predicted octanol–water partition coefficient (Wildman–Crippen LogP) is 3.45. The Bertz CT molecular complexity index is 731. The molecule has 2 rings (SSSR count). The van der Waals surface area contributed by atoms with Gasteiger partial charge in [-0.05, 0) is 42.8 Å². The second kappa shape index (κ2) is 5.80. The number of nitrogens with zero attached hydrogens (tertiary/aromatic N) is 1. The summed E-state index contributed by atoms with van der Waals surface area (Å²) in [6.07, 6.45) is 0. The minimum atomic E-state index is -0.744. The minimum absolute atomic E-state index is 0.0201. The van der Waals surface area contributed by atoms with Crippen LogP contribution in [0.1, 0.15) is 15.9 Å². The molecule has 0 aromatic heterocycles. The quantitative estimate of drug-likeness (QED) is 0.691. The molecule has 7 heteroatoms. The predicted molar refractivity (Wildman–Crippen MR) is 77.9 cm³/mol. The smallest absolute Gasteiger partial charge is 0.312 e. The van der Waals surface area contributed by atoms with E-state index in [1.807, 2.05) is 0 Å². The SMILES string of the molecule is Cc1cc(Oc2ccc(C(N)=O)cc2[N+](=O)[O-])ccc1Cl. The molecule has 0 saturated carbocycles. The first-order valence-corrected chi connectivity index (χ1v) is 6.28. The van der Waals surface area contributed by atoms with E-state index in [1.165, 1.54) is 12.1 Å². The summed E-state index contributed by atoms with van der Waals surface area (Å²) in [5.74, 6) is -0.314. The fraction of sp³-hybridized carbons (Fsp3) is 0.0714. The van der Waals surface area contributed by atoms with Gasteiger partial charge in [0, 0.05) is 16.7 Å². The highest BCUT2D eigenvalue weighted by Crippen LogP contribution is 2.33. The zero-order valence-electron chi connectivity index (χ0n) is 11.0. The minimum Gasteiger partial charge on any atom is -0.450 e. The summed E-state index contributed by atoms with van der Waals surface area (Å²) < 4.78 is 5.49. The Morgan fingerprint density at radius 1 is 1.29 bits per heavy atom. The lowest BCUT2D eigenvalue weighted by Gasteiger charge is -2.08. The third-order valence-electron chi connectivity index (χ3n) is 2.80. The van der Waals surface area contributed by atoms with Crippen LogP contribution in [-0.2, 0) is 0 Å². The van der Waals surface area contributed by atoms with Gasteiger partial charge in [-0.2, -0.15) is 0 Å². The maximum Gasteiger partial charge on any atom is 0.312 e. The molecule has 21 heavy (non-hydrogen) atoms. The van der Waals surface area contributed by atoms with Crippen LogP contribution in [0.2, 0.25) is 5.02 Å². The lowest BCUT2D eigenvalue weighted by Crippen LogP contribution is -2.11. The molecule has 6 nitrogen and oxygen atoms in total. The molecule has 2 aromatic rings. The lowest BCUT2D eigenvalue weighted by molar-refractivity contribution is -0.385. The molecule has 0 radical (unpaired) electrons. The number of carbonyl (C=O) groups is 1. The summed E-state index contributed by atoms with van der Waals surface area (Å²) in [7, 11) is 0. The summed E-state index contributed by atoms with van der Waals surface area (Å²) in [5.41, 5.74) is 5.60. The van der Waals surface area contributed by atoms with Gasteiger partial charge in [0.2, 0.25) is 11.7 Å². The van der Waals surface area contributed by atoms with Crippen molar-refractivity contribution in [2.75, 3.05) is 0 Å². The number of nitrogens with two attached hydrogens (primary N) is 1. The second-order valence-corrected chi connectivity index (χ2v) is 4.72. The van der Waals surface area contributed by atoms with Crippen molar-refractivity contribution in [3.63, 3.8) is 0 Å². The van der Waals surface area contributed by atoms with Gasteiger partial charge in [-0.3, -0.25) is 14.9 Å². The fourth-order valence-electron chi connectivity index (χ4n) is 1.71. The Balaban J connectivity index is 2.41. The summed E-state index contributed by atoms with van der Waals surface area (Å²) >= 11 is 5.91. The molecule has 0 spiro atoms. The molecule has 2 aromatic carbocycles. The Morgan fingerprint density at radius 3 is 2.57 bits per heavy atom. The highest BCUT2D eigenvalue weighted by atomic mass is 35.5. The monoisotopic (exact) mass is 306 g/mol. The van der Waals surface area contributed by atoms with Crippen molar-refractivity contribution in [1.82, 2.24) is 0 Å². The van der Waals surface area contributed by atoms with Crippen LogP contribution in [0.5, 0.6) is 11.5 Å². The van der Waals surface area contributed by atoms with E-state index < -0.39 is 10.8 Å². The van der Waals surface area contributed by atoms with Crippen LogP contribution in [0.3, 0.4) is 0 Å². The maximum absolute atomic E-state index is 11.1. The Labute approximate surface area is 125 Å². The van der Waals surface area contributed by atoms with E-state index in [9.17, 15) is 14.9 Å². The number of nitro benzene ring substituents is 1. The van der Waals surface area contributed by atoms with Gasteiger partial charge in [0.25, 0.3) is 0 Å². The number of rotatable bonds is 4. The van der Waals surface area contributed by atoms with E-state index in [0.717, 1.165) is 11.6 Å². The van der Waals surface area contributed by atoms with Crippen LogP contribution in [0.15, 0.2) is 36.4 Å². The number of amides is 1. The fourth-order valence-corrected chi connectivity index (χ4v) is 1.82. The van der Waals surface area contributed by atoms with Crippen molar-refractivity contribution in [2.24, 2.45) is 5.73 Å². The normalized spacial score (nSPS) is 10.2. The third kappa shape index (κ3) is 3.29. The number of halogens is 1. The summed E-state index contributed by atoms with van der Waals surface area (Å²) in [4.78, 5) is 21.5. The van der Waals surface area contributed by atoms with Crippen molar-refractivity contribution >= 4 is 23.2 Å². The molecule has 0 aliphatic carbocycles. The van der Waals surface area contributed by atoms with Crippen LogP contribution in [-0.4, -0.2) is 10.8 Å². The average Bonchev–Trinajstić information content (AvgIpc) is 2.43. The standard InChI is InChI=1S/C14H11ClN2O4/c1-8-6-10(3-4-11(8)15)21-13-5-2-9(14(16)18)7-12(13)17(19)20/h2-7H,1H3,(H2,16,18). The molecule has 0 heterocycles. The van der Waals surface area contributed by atoms with Gasteiger partial charge in [0.15, 0.2) is 0 Å². The molecular formula is C14H11ClN2O4. The van der Waals surface area contributed by atoms with E-state index >= 15 is 0 Å². The number of carbonyl (C=O) groups excluding carboxylic acids is 1. The van der Waals surface area contributed by atoms with Crippen molar-refractivity contribution in [3.05, 3.63) is 62.7 Å². The molecule has 0 fully saturated rings. The molecule has 0 unspecified atom stereocenters. The highest BCUT2D eigenvalue weighted by Gasteiger charge is 2.18. The molecule has 1 amide bonds. The van der Waals surface area contributed by atoms with E-state index in [-0.39, 0.29) is 17.0 Å². The number of nitro groups is 1. The first-order chi connectivity index (χ1) is 9.88. The van der Waals surface area contributed by atoms with E-state index in [1.54, 1.807) is 25.1 Å². The van der Waals surface area contributed by atoms with Gasteiger partial charge in [-0.15, -0.1) is 0 Å². The summed E-state index contributed by atoms with van der Waals surface area (Å²) in [6.45, 7) is 1.79. The van der Waals surface area contributed by atoms with E-state index in [4.69, 9.17) is 22.1 Å². The molecule has 0 bridgehead atoms. The van der Waals surface area contributed by atoms with E-state index in [0.29, 0.717) is 10.8 Å². The van der Waals surface area contributed by atoms with Gasteiger partial charge < -0.3 is 10.5 Å². The lowest BCUT2D eigenvalue weighted by atomic mass is 10.2. The Morgan fingerprint density at radius 2 is 2.00 bits per heavy atom. The first kappa shape index (κ1) is 14.8. The van der Waals surface area contributed by atoms with Gasteiger partial charge >= 0.3 is 5.69 Å². The Kier molecular flexibility index (Phi) is 4.09. The van der Waals surface area contributed by atoms with Crippen molar-refractivity contribution in [1.29, 1.82) is 0 Å². The molecule has 0 saturated heterocycles. The summed E-state index contributed by atoms with van der Waals surface area (Å²) in [6, 6.07) is 8.68. The average molecular weight is 307 g/mol. The number of benzene rings is 2. The number of ether oxygens (including phenoxy) is 1. The highest BCUT2D eigenvalue weighted by molar-refractivity contribution is 6.31.